The van der Waals surface area contributed by atoms with Gasteiger partial charge in [-0.25, -0.2) is 0 Å². The van der Waals surface area contributed by atoms with Gasteiger partial charge in [-0.1, -0.05) is 12.1 Å². The van der Waals surface area contributed by atoms with Crippen LogP contribution in [0.25, 0.3) is 0 Å². The number of anilines is 4. The predicted molar refractivity (Wildman–Crippen MR) is 71.6 cm³/mol. The van der Waals surface area contributed by atoms with E-state index >= 15 is 0 Å². The second kappa shape index (κ2) is 5.43. The van der Waals surface area contributed by atoms with Crippen LogP contribution in [-0.2, 0) is 0 Å². The Morgan fingerprint density at radius 1 is 1.00 bits per heavy atom. The number of ether oxygens (including phenoxy) is 1. The Morgan fingerprint density at radius 2 is 1.74 bits per heavy atom. The molecule has 0 aliphatic carbocycles. The van der Waals surface area contributed by atoms with Crippen molar-refractivity contribution in [2.45, 2.75) is 6.61 Å². The minimum atomic E-state index is -2.88. The molecule has 0 heterocycles. The SMILES string of the molecule is Nc1ccc(Nc2ccccc2OC(F)F)cc1N. The first-order valence-electron chi connectivity index (χ1n) is 5.52. The van der Waals surface area contributed by atoms with Gasteiger partial charge in [-0.05, 0) is 30.3 Å². The molecule has 2 rings (SSSR count). The lowest BCUT2D eigenvalue weighted by Crippen LogP contribution is -2.04. The molecule has 0 aliphatic heterocycles. The zero-order valence-corrected chi connectivity index (χ0v) is 9.94. The van der Waals surface area contributed by atoms with Crippen LogP contribution in [0.1, 0.15) is 0 Å². The van der Waals surface area contributed by atoms with E-state index in [1.807, 2.05) is 0 Å². The van der Waals surface area contributed by atoms with E-state index < -0.39 is 6.61 Å². The number of halogens is 2. The van der Waals surface area contributed by atoms with Crippen LogP contribution in [0, 0.1) is 0 Å². The van der Waals surface area contributed by atoms with Crippen LogP contribution >= 0.6 is 0 Å². The van der Waals surface area contributed by atoms with E-state index in [-0.39, 0.29) is 5.75 Å². The average Bonchev–Trinajstić information content (AvgIpc) is 2.36. The van der Waals surface area contributed by atoms with Gasteiger partial charge in [0.25, 0.3) is 0 Å². The van der Waals surface area contributed by atoms with Crippen molar-refractivity contribution < 1.29 is 13.5 Å². The van der Waals surface area contributed by atoms with Gasteiger partial charge in [-0.2, -0.15) is 8.78 Å². The number of hydrogen-bond acceptors (Lipinski definition) is 4. The third-order valence-electron chi connectivity index (χ3n) is 2.47. The summed E-state index contributed by atoms with van der Waals surface area (Å²) in [5.74, 6) is 0.0629. The van der Waals surface area contributed by atoms with Gasteiger partial charge in [-0.15, -0.1) is 0 Å². The Labute approximate surface area is 109 Å². The third kappa shape index (κ3) is 3.25. The molecule has 2 aromatic carbocycles. The molecule has 0 aliphatic rings. The van der Waals surface area contributed by atoms with E-state index in [9.17, 15) is 8.78 Å². The van der Waals surface area contributed by atoms with Crippen LogP contribution in [-0.4, -0.2) is 6.61 Å². The highest BCUT2D eigenvalue weighted by molar-refractivity contribution is 5.74. The summed E-state index contributed by atoms with van der Waals surface area (Å²) < 4.78 is 29.0. The van der Waals surface area contributed by atoms with Gasteiger partial charge in [0.2, 0.25) is 0 Å². The number of hydrogen-bond donors (Lipinski definition) is 3. The molecule has 2 aromatic rings. The second-order valence-electron chi connectivity index (χ2n) is 3.84. The van der Waals surface area contributed by atoms with E-state index in [0.717, 1.165) is 0 Å². The Balaban J connectivity index is 2.25. The summed E-state index contributed by atoms with van der Waals surface area (Å²) in [5, 5.41) is 2.95. The van der Waals surface area contributed by atoms with E-state index in [4.69, 9.17) is 11.5 Å². The molecule has 4 nitrogen and oxygen atoms in total. The molecule has 0 atom stereocenters. The van der Waals surface area contributed by atoms with Crippen LogP contribution in [0.2, 0.25) is 0 Å². The molecule has 0 saturated carbocycles. The first-order chi connectivity index (χ1) is 9.06. The summed E-state index contributed by atoms with van der Waals surface area (Å²) in [6, 6.07) is 11.4. The number of alkyl halides is 2. The molecular formula is C13H13F2N3O. The summed E-state index contributed by atoms with van der Waals surface area (Å²) in [6.07, 6.45) is 0. The quantitative estimate of drug-likeness (QED) is 0.742. The lowest BCUT2D eigenvalue weighted by atomic mass is 10.2. The van der Waals surface area contributed by atoms with Gasteiger partial charge < -0.3 is 21.5 Å². The molecule has 0 bridgehead atoms. The molecule has 0 radical (unpaired) electrons. The van der Waals surface area contributed by atoms with Crippen molar-refractivity contribution in [2.75, 3.05) is 16.8 Å². The van der Waals surface area contributed by atoms with Crippen molar-refractivity contribution in [3.05, 3.63) is 42.5 Å². The Hall–Kier alpha value is -2.50. The normalized spacial score (nSPS) is 10.5. The van der Waals surface area contributed by atoms with Crippen molar-refractivity contribution in [1.82, 2.24) is 0 Å². The highest BCUT2D eigenvalue weighted by Crippen LogP contribution is 2.30. The summed E-state index contributed by atoms with van der Waals surface area (Å²) in [7, 11) is 0. The maximum Gasteiger partial charge on any atom is 0.387 e. The number of nitrogens with two attached hydrogens (primary N) is 2. The second-order valence-corrected chi connectivity index (χ2v) is 3.84. The number of rotatable bonds is 4. The maximum atomic E-state index is 12.3. The zero-order valence-electron chi connectivity index (χ0n) is 9.94. The summed E-state index contributed by atoms with van der Waals surface area (Å²) >= 11 is 0. The molecule has 0 saturated heterocycles. The zero-order chi connectivity index (χ0) is 13.8. The van der Waals surface area contributed by atoms with Gasteiger partial charge in [0.1, 0.15) is 5.75 Å². The number of nitrogen functional groups attached to an aromatic ring is 2. The van der Waals surface area contributed by atoms with Gasteiger partial charge >= 0.3 is 6.61 Å². The van der Waals surface area contributed by atoms with Crippen molar-refractivity contribution >= 4 is 22.7 Å². The molecule has 19 heavy (non-hydrogen) atoms. The highest BCUT2D eigenvalue weighted by Gasteiger charge is 2.09. The van der Waals surface area contributed by atoms with E-state index in [0.29, 0.717) is 22.7 Å². The van der Waals surface area contributed by atoms with Gasteiger partial charge in [0.15, 0.2) is 0 Å². The van der Waals surface area contributed by atoms with E-state index in [1.54, 1.807) is 36.4 Å². The monoisotopic (exact) mass is 265 g/mol. The molecular weight excluding hydrogens is 252 g/mol. The van der Waals surface area contributed by atoms with E-state index in [2.05, 4.69) is 10.1 Å². The molecule has 5 N–H and O–H groups in total. The Bertz CT molecular complexity index is 576. The number of para-hydroxylation sites is 2. The third-order valence-corrected chi connectivity index (χ3v) is 2.47. The van der Waals surface area contributed by atoms with Crippen molar-refractivity contribution in [2.24, 2.45) is 0 Å². The lowest BCUT2D eigenvalue weighted by molar-refractivity contribution is -0.0493. The highest BCUT2D eigenvalue weighted by atomic mass is 19.3. The predicted octanol–water partition coefficient (Wildman–Crippen LogP) is 3.20. The molecule has 0 unspecified atom stereocenters. The number of nitrogens with one attached hydrogen (secondary N) is 1. The van der Waals surface area contributed by atoms with E-state index in [1.165, 1.54) is 6.07 Å². The van der Waals surface area contributed by atoms with Crippen LogP contribution in [0.5, 0.6) is 5.75 Å². The topological polar surface area (TPSA) is 73.3 Å². The summed E-state index contributed by atoms with van der Waals surface area (Å²) in [4.78, 5) is 0. The Kier molecular flexibility index (Phi) is 3.70. The van der Waals surface area contributed by atoms with Gasteiger partial charge in [-0.3, -0.25) is 0 Å². The summed E-state index contributed by atoms with van der Waals surface area (Å²) in [5.41, 5.74) is 13.2. The molecule has 0 fully saturated rings. The fourth-order valence-electron chi connectivity index (χ4n) is 1.58. The van der Waals surface area contributed by atoms with Crippen molar-refractivity contribution in [1.29, 1.82) is 0 Å². The minimum absolute atomic E-state index is 0.0629. The fourth-order valence-corrected chi connectivity index (χ4v) is 1.58. The van der Waals surface area contributed by atoms with Crippen LogP contribution < -0.4 is 21.5 Å². The summed E-state index contributed by atoms with van der Waals surface area (Å²) in [6.45, 7) is -2.88. The average molecular weight is 265 g/mol. The van der Waals surface area contributed by atoms with Gasteiger partial charge in [0.05, 0.1) is 17.1 Å². The molecule has 0 amide bonds. The molecule has 100 valence electrons. The lowest BCUT2D eigenvalue weighted by Gasteiger charge is -2.13. The van der Waals surface area contributed by atoms with Crippen LogP contribution in [0.3, 0.4) is 0 Å². The number of benzene rings is 2. The maximum absolute atomic E-state index is 12.3. The first kappa shape index (κ1) is 12.9. The first-order valence-corrected chi connectivity index (χ1v) is 5.52. The largest absolute Gasteiger partial charge is 0.433 e. The molecule has 0 spiro atoms. The van der Waals surface area contributed by atoms with Crippen LogP contribution in [0.15, 0.2) is 42.5 Å². The smallest absolute Gasteiger partial charge is 0.387 e. The molecule has 6 heteroatoms. The standard InChI is InChI=1S/C13H13F2N3O/c14-13(15)19-12-4-2-1-3-11(12)18-8-5-6-9(16)10(17)7-8/h1-7,13,18H,16-17H2. The minimum Gasteiger partial charge on any atom is -0.433 e. The van der Waals surface area contributed by atoms with Gasteiger partial charge in [0, 0.05) is 5.69 Å². The van der Waals surface area contributed by atoms with Crippen LogP contribution in [0.4, 0.5) is 31.5 Å². The fraction of sp³-hybridized carbons (Fsp3) is 0.0769. The molecule has 0 aromatic heterocycles. The Morgan fingerprint density at radius 3 is 2.42 bits per heavy atom. The van der Waals surface area contributed by atoms with Crippen molar-refractivity contribution in [3.63, 3.8) is 0 Å². The van der Waals surface area contributed by atoms with Crippen molar-refractivity contribution in [3.8, 4) is 5.75 Å².